The van der Waals surface area contributed by atoms with Crippen molar-refractivity contribution in [2.75, 3.05) is 6.54 Å². The first kappa shape index (κ1) is 19.8. The average molecular weight is 407 g/mol. The number of hydrogen-bond donors (Lipinski definition) is 0. The third-order valence-corrected chi connectivity index (χ3v) is 5.36. The fraction of sp³-hybridized carbons (Fsp3) is 0.261. The topological polar surface area (TPSA) is 64.3 Å². The molecule has 6 nitrogen and oxygen atoms in total. The molecule has 3 aromatic rings. The molecule has 30 heavy (non-hydrogen) atoms. The van der Waals surface area contributed by atoms with Crippen molar-refractivity contribution in [3.05, 3.63) is 105 Å². The Morgan fingerprint density at radius 1 is 0.800 bits per heavy atom. The van der Waals surface area contributed by atoms with E-state index in [1.54, 1.807) is 29.4 Å². The van der Waals surface area contributed by atoms with Crippen LogP contribution in [0.1, 0.15) is 17.5 Å². The Bertz CT molecular complexity index is 1150. The van der Waals surface area contributed by atoms with Crippen LogP contribution in [0.2, 0.25) is 0 Å². The van der Waals surface area contributed by atoms with Crippen molar-refractivity contribution < 1.29 is 9.18 Å². The van der Waals surface area contributed by atoms with Gasteiger partial charge in [0.15, 0.2) is 0 Å². The van der Waals surface area contributed by atoms with Crippen LogP contribution in [0.5, 0.6) is 0 Å². The van der Waals surface area contributed by atoms with Crippen LogP contribution in [-0.4, -0.2) is 26.5 Å². The van der Waals surface area contributed by atoms with E-state index in [0.717, 1.165) is 11.1 Å². The summed E-state index contributed by atoms with van der Waals surface area (Å²) < 4.78 is 15.7. The number of carbonyl (C=O) groups is 1. The summed E-state index contributed by atoms with van der Waals surface area (Å²) in [7, 11) is 0. The van der Waals surface area contributed by atoms with Crippen LogP contribution in [0.15, 0.2) is 76.6 Å². The lowest BCUT2D eigenvalue weighted by Crippen LogP contribution is -2.41. The first-order valence-corrected chi connectivity index (χ1v) is 9.85. The number of rotatable bonds is 6. The van der Waals surface area contributed by atoms with Gasteiger partial charge in [-0.2, -0.15) is 0 Å². The molecule has 1 fully saturated rings. The molecule has 0 N–H and O–H groups in total. The smallest absolute Gasteiger partial charge is 0.316 e. The third kappa shape index (κ3) is 4.40. The zero-order valence-electron chi connectivity index (χ0n) is 16.4. The van der Waals surface area contributed by atoms with Crippen LogP contribution in [0, 0.1) is 11.7 Å². The fourth-order valence-electron chi connectivity index (χ4n) is 3.81. The number of halogens is 1. The van der Waals surface area contributed by atoms with Gasteiger partial charge < -0.3 is 14.0 Å². The minimum absolute atomic E-state index is 0.0220. The summed E-state index contributed by atoms with van der Waals surface area (Å²) in [5.74, 6) is -0.318. The minimum atomic E-state index is -0.632. The van der Waals surface area contributed by atoms with Gasteiger partial charge in [-0.25, -0.2) is 4.39 Å². The predicted molar refractivity (Wildman–Crippen MR) is 110 cm³/mol. The van der Waals surface area contributed by atoms with Gasteiger partial charge >= 0.3 is 11.1 Å². The van der Waals surface area contributed by atoms with Gasteiger partial charge in [-0.3, -0.25) is 14.4 Å². The maximum atomic E-state index is 13.0. The number of likely N-dealkylation sites (tertiary alicyclic amines) is 1. The first-order chi connectivity index (χ1) is 14.5. The standard InChI is InChI=1S/C23H22FN3O3/c24-20-8-6-18(7-9-20)13-25-10-11-26(23(30)22(25)29)15-19-12-21(28)27(16-19)14-17-4-2-1-3-5-17/h1-11,19H,12-16H2. The Hall–Kier alpha value is -3.48. The van der Waals surface area contributed by atoms with Crippen molar-refractivity contribution in [3.8, 4) is 0 Å². The Labute approximate surface area is 172 Å². The van der Waals surface area contributed by atoms with E-state index in [1.165, 1.54) is 21.3 Å². The zero-order chi connectivity index (χ0) is 21.1. The largest absolute Gasteiger partial charge is 0.338 e. The quantitative estimate of drug-likeness (QED) is 0.589. The summed E-state index contributed by atoms with van der Waals surface area (Å²) in [5.41, 5.74) is 0.543. The van der Waals surface area contributed by atoms with Gasteiger partial charge in [0.1, 0.15) is 5.82 Å². The number of aromatic nitrogens is 2. The molecule has 2 aromatic carbocycles. The number of amides is 1. The van der Waals surface area contributed by atoms with Crippen molar-refractivity contribution in [1.29, 1.82) is 0 Å². The lowest BCUT2D eigenvalue weighted by atomic mass is 10.1. The molecule has 1 amide bonds. The Balaban J connectivity index is 1.44. The van der Waals surface area contributed by atoms with E-state index in [-0.39, 0.29) is 24.2 Å². The van der Waals surface area contributed by atoms with Gasteiger partial charge in [0, 0.05) is 44.4 Å². The van der Waals surface area contributed by atoms with Crippen molar-refractivity contribution in [2.24, 2.45) is 5.92 Å². The number of hydrogen-bond acceptors (Lipinski definition) is 3. The summed E-state index contributed by atoms with van der Waals surface area (Å²) in [6.45, 7) is 1.62. The molecule has 1 aromatic heterocycles. The summed E-state index contributed by atoms with van der Waals surface area (Å²) in [5, 5.41) is 0. The molecule has 154 valence electrons. The fourth-order valence-corrected chi connectivity index (χ4v) is 3.81. The van der Waals surface area contributed by atoms with E-state index in [4.69, 9.17) is 0 Å². The molecule has 1 unspecified atom stereocenters. The Morgan fingerprint density at radius 3 is 2.17 bits per heavy atom. The molecule has 4 rings (SSSR count). The molecule has 1 saturated heterocycles. The number of carbonyl (C=O) groups excluding carboxylic acids is 1. The highest BCUT2D eigenvalue weighted by atomic mass is 19.1. The molecule has 0 bridgehead atoms. The summed E-state index contributed by atoms with van der Waals surface area (Å²) in [4.78, 5) is 39.2. The van der Waals surface area contributed by atoms with E-state index in [9.17, 15) is 18.8 Å². The van der Waals surface area contributed by atoms with E-state index in [0.29, 0.717) is 26.1 Å². The van der Waals surface area contributed by atoms with Crippen molar-refractivity contribution in [2.45, 2.75) is 26.1 Å². The van der Waals surface area contributed by atoms with Crippen LogP contribution in [-0.2, 0) is 24.4 Å². The van der Waals surface area contributed by atoms with Crippen molar-refractivity contribution in [1.82, 2.24) is 14.0 Å². The summed E-state index contributed by atoms with van der Waals surface area (Å²) in [6, 6.07) is 15.6. The highest BCUT2D eigenvalue weighted by molar-refractivity contribution is 5.78. The lowest BCUT2D eigenvalue weighted by molar-refractivity contribution is -0.128. The molecule has 7 heteroatoms. The third-order valence-electron chi connectivity index (χ3n) is 5.36. The molecular formula is C23H22FN3O3. The van der Waals surface area contributed by atoms with Crippen LogP contribution in [0.3, 0.4) is 0 Å². The van der Waals surface area contributed by atoms with Gasteiger partial charge in [-0.15, -0.1) is 0 Å². The molecule has 0 radical (unpaired) electrons. The molecule has 0 saturated carbocycles. The molecule has 1 atom stereocenters. The highest BCUT2D eigenvalue weighted by Crippen LogP contribution is 2.21. The normalized spacial score (nSPS) is 16.2. The molecule has 1 aliphatic rings. The van der Waals surface area contributed by atoms with Gasteiger partial charge in [0.25, 0.3) is 0 Å². The van der Waals surface area contributed by atoms with E-state index in [2.05, 4.69) is 0 Å². The zero-order valence-corrected chi connectivity index (χ0v) is 16.4. The molecular weight excluding hydrogens is 385 g/mol. The van der Waals surface area contributed by atoms with Gasteiger partial charge in [0.05, 0.1) is 6.54 Å². The summed E-state index contributed by atoms with van der Waals surface area (Å²) >= 11 is 0. The molecule has 1 aliphatic heterocycles. The first-order valence-electron chi connectivity index (χ1n) is 9.85. The predicted octanol–water partition coefficient (Wildman–Crippen LogP) is 2.25. The SMILES string of the molecule is O=C1CC(Cn2ccn(Cc3ccc(F)cc3)c(=O)c2=O)CN1Cc1ccccc1. The number of benzene rings is 2. The van der Waals surface area contributed by atoms with Crippen LogP contribution < -0.4 is 11.1 Å². The van der Waals surface area contributed by atoms with Crippen LogP contribution in [0.25, 0.3) is 0 Å². The van der Waals surface area contributed by atoms with Gasteiger partial charge in [-0.05, 0) is 23.3 Å². The molecule has 0 spiro atoms. The molecule has 0 aliphatic carbocycles. The van der Waals surface area contributed by atoms with Crippen molar-refractivity contribution >= 4 is 5.91 Å². The second kappa shape index (κ2) is 8.49. The maximum absolute atomic E-state index is 13.0. The van der Waals surface area contributed by atoms with Gasteiger partial charge in [0.2, 0.25) is 5.91 Å². The van der Waals surface area contributed by atoms with Crippen molar-refractivity contribution in [3.63, 3.8) is 0 Å². The molecule has 2 heterocycles. The Morgan fingerprint density at radius 2 is 1.43 bits per heavy atom. The van der Waals surface area contributed by atoms with E-state index >= 15 is 0 Å². The van der Waals surface area contributed by atoms with E-state index < -0.39 is 11.1 Å². The van der Waals surface area contributed by atoms with Crippen LogP contribution >= 0.6 is 0 Å². The lowest BCUT2D eigenvalue weighted by Gasteiger charge is -2.17. The minimum Gasteiger partial charge on any atom is -0.338 e. The average Bonchev–Trinajstić information content (AvgIpc) is 3.09. The van der Waals surface area contributed by atoms with Crippen LogP contribution in [0.4, 0.5) is 4.39 Å². The monoisotopic (exact) mass is 407 g/mol. The van der Waals surface area contributed by atoms with E-state index in [1.807, 2.05) is 30.3 Å². The maximum Gasteiger partial charge on any atom is 0.316 e. The summed E-state index contributed by atoms with van der Waals surface area (Å²) in [6.07, 6.45) is 3.50. The second-order valence-electron chi connectivity index (χ2n) is 7.65. The second-order valence-corrected chi connectivity index (χ2v) is 7.65. The number of nitrogens with zero attached hydrogens (tertiary/aromatic N) is 3. The highest BCUT2D eigenvalue weighted by Gasteiger charge is 2.30. The van der Waals surface area contributed by atoms with Gasteiger partial charge in [-0.1, -0.05) is 42.5 Å². The Kier molecular flexibility index (Phi) is 5.61.